The van der Waals surface area contributed by atoms with E-state index in [0.717, 1.165) is 27.6 Å². The first-order valence-corrected chi connectivity index (χ1v) is 8.34. The van der Waals surface area contributed by atoms with Gasteiger partial charge in [-0.15, -0.1) is 0 Å². The fourth-order valence-electron chi connectivity index (χ4n) is 3.25. The van der Waals surface area contributed by atoms with Crippen molar-refractivity contribution in [2.45, 2.75) is 13.8 Å². The largest absolute Gasteiger partial charge is 0.494 e. The highest BCUT2D eigenvalue weighted by atomic mass is 16.3. The number of hydrogen-bond acceptors (Lipinski definition) is 4. The summed E-state index contributed by atoms with van der Waals surface area (Å²) in [6, 6.07) is 9.77. The lowest BCUT2D eigenvalue weighted by atomic mass is 9.96. The summed E-state index contributed by atoms with van der Waals surface area (Å²) in [6.45, 7) is 3.93. The Balaban J connectivity index is 1.97. The number of nitrogens with zero attached hydrogens (tertiary/aromatic N) is 4. The quantitative estimate of drug-likeness (QED) is 0.548. The summed E-state index contributed by atoms with van der Waals surface area (Å²) in [5.41, 5.74) is 5.40. The standard InChI is InChI=1S/C20H19N5O/c1-12-7-9-21-11-15(12)14-5-4-6-16-19(14)18(20(26)23-16)13(2)22-17-8-10-25(3)24-17/h4-11,23,26H,1-3H3. The molecule has 1 aromatic carbocycles. The van der Waals surface area contributed by atoms with Crippen LogP contribution in [-0.4, -0.2) is 30.6 Å². The molecule has 3 aromatic heterocycles. The molecule has 0 aliphatic rings. The van der Waals surface area contributed by atoms with Crippen molar-refractivity contribution >= 4 is 22.4 Å². The van der Waals surface area contributed by atoms with Crippen molar-refractivity contribution in [3.05, 3.63) is 60.0 Å². The normalized spacial score (nSPS) is 12.0. The second-order valence-corrected chi connectivity index (χ2v) is 6.31. The van der Waals surface area contributed by atoms with Crippen molar-refractivity contribution in [2.75, 3.05) is 0 Å². The van der Waals surface area contributed by atoms with Gasteiger partial charge in [-0.2, -0.15) is 5.10 Å². The SMILES string of the molecule is CC(=Nc1ccn(C)n1)c1c(O)[nH]c2cccc(-c3cnccc3C)c12. The average Bonchev–Trinajstić information content (AvgIpc) is 3.17. The van der Waals surface area contributed by atoms with Crippen molar-refractivity contribution in [1.29, 1.82) is 0 Å². The van der Waals surface area contributed by atoms with Crippen LogP contribution in [0, 0.1) is 6.92 Å². The first kappa shape index (κ1) is 16.1. The molecule has 0 bridgehead atoms. The van der Waals surface area contributed by atoms with Gasteiger partial charge in [-0.1, -0.05) is 12.1 Å². The van der Waals surface area contributed by atoms with Crippen LogP contribution in [0.4, 0.5) is 5.82 Å². The molecule has 26 heavy (non-hydrogen) atoms. The van der Waals surface area contributed by atoms with Gasteiger partial charge in [-0.05, 0) is 37.1 Å². The maximum atomic E-state index is 10.6. The fourth-order valence-corrected chi connectivity index (χ4v) is 3.25. The highest BCUT2D eigenvalue weighted by Crippen LogP contribution is 2.37. The monoisotopic (exact) mass is 345 g/mol. The number of nitrogens with one attached hydrogen (secondary N) is 1. The third-order valence-electron chi connectivity index (χ3n) is 4.48. The van der Waals surface area contributed by atoms with Gasteiger partial charge in [0.05, 0.1) is 11.3 Å². The van der Waals surface area contributed by atoms with Gasteiger partial charge in [-0.25, -0.2) is 4.99 Å². The predicted molar refractivity (Wildman–Crippen MR) is 103 cm³/mol. The van der Waals surface area contributed by atoms with E-state index in [0.29, 0.717) is 17.1 Å². The summed E-state index contributed by atoms with van der Waals surface area (Å²) in [7, 11) is 1.85. The lowest BCUT2D eigenvalue weighted by molar-refractivity contribution is 0.457. The summed E-state index contributed by atoms with van der Waals surface area (Å²) >= 11 is 0. The van der Waals surface area contributed by atoms with E-state index >= 15 is 0 Å². The molecule has 4 rings (SSSR count). The molecule has 0 unspecified atom stereocenters. The summed E-state index contributed by atoms with van der Waals surface area (Å²) in [4.78, 5) is 11.9. The minimum absolute atomic E-state index is 0.103. The number of H-pyrrole nitrogens is 1. The Bertz CT molecular complexity index is 1140. The Kier molecular flexibility index (Phi) is 3.80. The Morgan fingerprint density at radius 1 is 1.19 bits per heavy atom. The van der Waals surface area contributed by atoms with Gasteiger partial charge in [0.15, 0.2) is 11.7 Å². The minimum atomic E-state index is 0.103. The van der Waals surface area contributed by atoms with E-state index in [-0.39, 0.29) is 5.88 Å². The third-order valence-corrected chi connectivity index (χ3v) is 4.48. The van der Waals surface area contributed by atoms with E-state index in [9.17, 15) is 5.11 Å². The number of hydrogen-bond donors (Lipinski definition) is 2. The smallest absolute Gasteiger partial charge is 0.198 e. The number of fused-ring (bicyclic) bond motifs is 1. The molecule has 0 saturated heterocycles. The number of aromatic nitrogens is 4. The number of aromatic hydroxyl groups is 1. The molecule has 2 N–H and O–H groups in total. The van der Waals surface area contributed by atoms with Crippen LogP contribution in [0.15, 0.2) is 53.9 Å². The van der Waals surface area contributed by atoms with Crippen molar-refractivity contribution in [1.82, 2.24) is 19.7 Å². The molecule has 0 radical (unpaired) electrons. The van der Waals surface area contributed by atoms with Crippen LogP contribution in [0.3, 0.4) is 0 Å². The van der Waals surface area contributed by atoms with Crippen molar-refractivity contribution in [2.24, 2.45) is 12.0 Å². The zero-order valence-corrected chi connectivity index (χ0v) is 14.9. The molecule has 130 valence electrons. The first-order valence-electron chi connectivity index (χ1n) is 8.34. The van der Waals surface area contributed by atoms with Gasteiger partial charge >= 0.3 is 0 Å². The highest BCUT2D eigenvalue weighted by Gasteiger charge is 2.18. The van der Waals surface area contributed by atoms with Gasteiger partial charge in [0.2, 0.25) is 0 Å². The molecule has 0 amide bonds. The van der Waals surface area contributed by atoms with Crippen LogP contribution in [0.25, 0.3) is 22.0 Å². The Morgan fingerprint density at radius 2 is 2.04 bits per heavy atom. The van der Waals surface area contributed by atoms with E-state index in [1.54, 1.807) is 10.9 Å². The molecule has 0 saturated carbocycles. The molecule has 0 fully saturated rings. The van der Waals surface area contributed by atoms with E-state index < -0.39 is 0 Å². The van der Waals surface area contributed by atoms with Crippen LogP contribution in [0.1, 0.15) is 18.1 Å². The summed E-state index contributed by atoms with van der Waals surface area (Å²) in [5, 5.41) is 15.8. The maximum absolute atomic E-state index is 10.6. The van der Waals surface area contributed by atoms with Crippen molar-refractivity contribution < 1.29 is 5.11 Å². The van der Waals surface area contributed by atoms with Gasteiger partial charge < -0.3 is 10.1 Å². The zero-order chi connectivity index (χ0) is 18.3. The zero-order valence-electron chi connectivity index (χ0n) is 14.9. The number of benzene rings is 1. The fraction of sp³-hybridized carbons (Fsp3) is 0.150. The molecule has 0 atom stereocenters. The Labute approximate surface area is 150 Å². The molecule has 0 spiro atoms. The summed E-state index contributed by atoms with van der Waals surface area (Å²) in [6.07, 6.45) is 5.47. The van der Waals surface area contributed by atoms with E-state index in [4.69, 9.17) is 0 Å². The molecule has 6 heteroatoms. The van der Waals surface area contributed by atoms with Crippen molar-refractivity contribution in [3.8, 4) is 17.0 Å². The molecule has 6 nitrogen and oxygen atoms in total. The Morgan fingerprint density at radius 3 is 2.77 bits per heavy atom. The second-order valence-electron chi connectivity index (χ2n) is 6.31. The molecular weight excluding hydrogens is 326 g/mol. The number of rotatable bonds is 3. The highest BCUT2D eigenvalue weighted by molar-refractivity contribution is 6.16. The van der Waals surface area contributed by atoms with Gasteiger partial charge in [0, 0.05) is 48.2 Å². The molecule has 4 aromatic rings. The second kappa shape index (κ2) is 6.15. The molecular formula is C20H19N5O. The van der Waals surface area contributed by atoms with Crippen LogP contribution in [0.2, 0.25) is 0 Å². The number of aromatic amines is 1. The van der Waals surface area contributed by atoms with E-state index in [1.165, 1.54) is 0 Å². The van der Waals surface area contributed by atoms with Crippen LogP contribution in [0.5, 0.6) is 5.88 Å². The number of pyridine rings is 1. The van der Waals surface area contributed by atoms with E-state index in [2.05, 4.69) is 27.0 Å². The van der Waals surface area contributed by atoms with Crippen LogP contribution in [-0.2, 0) is 7.05 Å². The van der Waals surface area contributed by atoms with Crippen LogP contribution >= 0.6 is 0 Å². The predicted octanol–water partition coefficient (Wildman–Crippen LogP) is 4.12. The lowest BCUT2D eigenvalue weighted by Crippen LogP contribution is -1.96. The minimum Gasteiger partial charge on any atom is -0.494 e. The van der Waals surface area contributed by atoms with Gasteiger partial charge in [-0.3, -0.25) is 9.67 Å². The van der Waals surface area contributed by atoms with Crippen LogP contribution < -0.4 is 0 Å². The average molecular weight is 345 g/mol. The summed E-state index contributed by atoms with van der Waals surface area (Å²) in [5.74, 6) is 0.708. The Hall–Kier alpha value is -3.41. The summed E-state index contributed by atoms with van der Waals surface area (Å²) < 4.78 is 1.70. The topological polar surface area (TPSA) is 79.1 Å². The third kappa shape index (κ3) is 2.65. The van der Waals surface area contributed by atoms with E-state index in [1.807, 2.05) is 56.7 Å². The van der Waals surface area contributed by atoms with Gasteiger partial charge in [0.1, 0.15) is 0 Å². The first-order chi connectivity index (χ1) is 12.5. The molecule has 3 heterocycles. The lowest BCUT2D eigenvalue weighted by Gasteiger charge is -2.09. The number of aliphatic imine (C=N–C) groups is 1. The number of aryl methyl sites for hydroxylation is 2. The molecule has 0 aliphatic heterocycles. The molecule has 0 aliphatic carbocycles. The van der Waals surface area contributed by atoms with Gasteiger partial charge in [0.25, 0.3) is 0 Å². The van der Waals surface area contributed by atoms with Crippen molar-refractivity contribution in [3.63, 3.8) is 0 Å². The maximum Gasteiger partial charge on any atom is 0.198 e.